The van der Waals surface area contributed by atoms with Crippen molar-refractivity contribution in [3.63, 3.8) is 0 Å². The van der Waals surface area contributed by atoms with Gasteiger partial charge in [0.25, 0.3) is 5.56 Å². The van der Waals surface area contributed by atoms with Crippen LogP contribution in [0.2, 0.25) is 0 Å². The number of ether oxygens (including phenoxy) is 1. The lowest BCUT2D eigenvalue weighted by Gasteiger charge is -2.02. The van der Waals surface area contributed by atoms with E-state index in [1.807, 2.05) is 31.2 Å². The summed E-state index contributed by atoms with van der Waals surface area (Å²) in [4.78, 5) is 11.5. The molecule has 98 valence electrons. The van der Waals surface area contributed by atoms with Crippen LogP contribution in [-0.4, -0.2) is 27.7 Å². The molecule has 0 bridgehead atoms. The SMILES string of the molecule is CCOc1ccc(/C=N/n2c(=O)cn[nH]c2=S)cc1. The van der Waals surface area contributed by atoms with Gasteiger partial charge in [-0.15, -0.1) is 0 Å². The number of H-pyrrole nitrogens is 1. The third-order valence-electron chi connectivity index (χ3n) is 2.25. The lowest BCUT2D eigenvalue weighted by Crippen LogP contribution is -2.18. The van der Waals surface area contributed by atoms with E-state index in [1.165, 1.54) is 0 Å². The zero-order valence-electron chi connectivity index (χ0n) is 10.2. The third-order valence-corrected chi connectivity index (χ3v) is 2.51. The smallest absolute Gasteiger partial charge is 0.293 e. The summed E-state index contributed by atoms with van der Waals surface area (Å²) in [6.45, 7) is 2.54. The van der Waals surface area contributed by atoms with Gasteiger partial charge in [0.1, 0.15) is 11.9 Å². The molecule has 1 N–H and O–H groups in total. The Bertz CT molecular complexity index is 660. The maximum absolute atomic E-state index is 11.5. The second-order valence-electron chi connectivity index (χ2n) is 3.57. The molecule has 6 nitrogen and oxygen atoms in total. The number of aromatic amines is 1. The molecule has 1 aromatic heterocycles. The van der Waals surface area contributed by atoms with Crippen LogP contribution in [0.15, 0.2) is 40.4 Å². The van der Waals surface area contributed by atoms with Crippen molar-refractivity contribution in [2.45, 2.75) is 6.92 Å². The molecule has 1 heterocycles. The largest absolute Gasteiger partial charge is 0.494 e. The predicted molar refractivity (Wildman–Crippen MR) is 74.3 cm³/mol. The minimum Gasteiger partial charge on any atom is -0.494 e. The van der Waals surface area contributed by atoms with Crippen molar-refractivity contribution in [2.75, 3.05) is 6.61 Å². The van der Waals surface area contributed by atoms with E-state index < -0.39 is 0 Å². The highest BCUT2D eigenvalue weighted by Crippen LogP contribution is 2.10. The standard InChI is InChI=1S/C12H12N4O2S/c1-2-18-10-5-3-9(4-6-10)7-14-16-11(17)8-13-15-12(16)19/h3-8H,2H2,1H3,(H,15,19)/b14-7+. The molecule has 2 aromatic rings. The number of hydrogen-bond acceptors (Lipinski definition) is 5. The first kappa shape index (κ1) is 13.2. The summed E-state index contributed by atoms with van der Waals surface area (Å²) < 4.78 is 6.55. The van der Waals surface area contributed by atoms with Gasteiger partial charge in [0, 0.05) is 0 Å². The Morgan fingerprint density at radius 1 is 1.47 bits per heavy atom. The van der Waals surface area contributed by atoms with Crippen molar-refractivity contribution in [1.82, 2.24) is 14.9 Å². The third kappa shape index (κ3) is 3.35. The second-order valence-corrected chi connectivity index (χ2v) is 3.96. The van der Waals surface area contributed by atoms with Crippen molar-refractivity contribution >= 4 is 18.4 Å². The van der Waals surface area contributed by atoms with Crippen molar-refractivity contribution in [1.29, 1.82) is 0 Å². The van der Waals surface area contributed by atoms with E-state index in [1.54, 1.807) is 6.21 Å². The zero-order chi connectivity index (χ0) is 13.7. The van der Waals surface area contributed by atoms with Crippen molar-refractivity contribution in [3.05, 3.63) is 51.2 Å². The Morgan fingerprint density at radius 2 is 2.21 bits per heavy atom. The summed E-state index contributed by atoms with van der Waals surface area (Å²) in [5.74, 6) is 0.790. The van der Waals surface area contributed by atoms with Gasteiger partial charge in [-0.1, -0.05) is 0 Å². The summed E-state index contributed by atoms with van der Waals surface area (Å²) >= 11 is 4.92. The molecule has 0 spiro atoms. The number of benzene rings is 1. The predicted octanol–water partition coefficient (Wildman–Crippen LogP) is 1.58. The van der Waals surface area contributed by atoms with Crippen LogP contribution in [0.5, 0.6) is 5.75 Å². The molecule has 0 aliphatic rings. The summed E-state index contributed by atoms with van der Waals surface area (Å²) in [7, 11) is 0. The molecular formula is C12H12N4O2S. The van der Waals surface area contributed by atoms with Crippen LogP contribution < -0.4 is 10.3 Å². The lowest BCUT2D eigenvalue weighted by atomic mass is 10.2. The fourth-order valence-electron chi connectivity index (χ4n) is 1.40. The van der Waals surface area contributed by atoms with Gasteiger partial charge in [-0.25, -0.2) is 0 Å². The van der Waals surface area contributed by atoms with Crippen molar-refractivity contribution in [2.24, 2.45) is 5.10 Å². The fraction of sp³-hybridized carbons (Fsp3) is 0.167. The van der Waals surface area contributed by atoms with E-state index in [4.69, 9.17) is 17.0 Å². The Balaban J connectivity index is 2.23. The molecule has 7 heteroatoms. The topological polar surface area (TPSA) is 72.3 Å². The summed E-state index contributed by atoms with van der Waals surface area (Å²) in [6, 6.07) is 7.35. The maximum Gasteiger partial charge on any atom is 0.293 e. The maximum atomic E-state index is 11.5. The number of aromatic nitrogens is 3. The van der Waals surface area contributed by atoms with Crippen molar-refractivity contribution in [3.8, 4) is 5.75 Å². The average molecular weight is 276 g/mol. The molecule has 19 heavy (non-hydrogen) atoms. The number of rotatable bonds is 4. The Hall–Kier alpha value is -2.28. The van der Waals surface area contributed by atoms with E-state index in [2.05, 4.69) is 15.3 Å². The van der Waals surface area contributed by atoms with Gasteiger partial charge in [0.15, 0.2) is 0 Å². The molecule has 0 atom stereocenters. The first-order valence-electron chi connectivity index (χ1n) is 5.64. The zero-order valence-corrected chi connectivity index (χ0v) is 11.1. The summed E-state index contributed by atoms with van der Waals surface area (Å²) in [6.07, 6.45) is 2.66. The van der Waals surface area contributed by atoms with Gasteiger partial charge in [-0.3, -0.25) is 9.89 Å². The van der Waals surface area contributed by atoms with Crippen LogP contribution in [0.25, 0.3) is 0 Å². The van der Waals surface area contributed by atoms with Crippen LogP contribution in [0.4, 0.5) is 0 Å². The first-order valence-corrected chi connectivity index (χ1v) is 6.05. The number of nitrogens with zero attached hydrogens (tertiary/aromatic N) is 3. The quantitative estimate of drug-likeness (QED) is 0.680. The molecule has 0 saturated carbocycles. The van der Waals surface area contributed by atoms with E-state index in [9.17, 15) is 4.79 Å². The van der Waals surface area contributed by atoms with Crippen molar-refractivity contribution < 1.29 is 4.74 Å². The van der Waals surface area contributed by atoms with Gasteiger partial charge < -0.3 is 4.74 Å². The van der Waals surface area contributed by atoms with Crippen LogP contribution in [0, 0.1) is 4.77 Å². The molecule has 0 unspecified atom stereocenters. The minimum atomic E-state index is -0.383. The molecule has 2 rings (SSSR count). The Morgan fingerprint density at radius 3 is 2.84 bits per heavy atom. The Kier molecular flexibility index (Phi) is 4.19. The molecule has 0 aliphatic carbocycles. The molecule has 0 radical (unpaired) electrons. The lowest BCUT2D eigenvalue weighted by molar-refractivity contribution is 0.340. The van der Waals surface area contributed by atoms with Gasteiger partial charge >= 0.3 is 0 Å². The van der Waals surface area contributed by atoms with Gasteiger partial charge in [-0.05, 0) is 49.0 Å². The summed E-state index contributed by atoms with van der Waals surface area (Å²) in [5.41, 5.74) is 0.451. The highest BCUT2D eigenvalue weighted by molar-refractivity contribution is 7.71. The average Bonchev–Trinajstić information content (AvgIpc) is 2.40. The van der Waals surface area contributed by atoms with Gasteiger partial charge in [-0.2, -0.15) is 14.9 Å². The van der Waals surface area contributed by atoms with E-state index >= 15 is 0 Å². The highest BCUT2D eigenvalue weighted by Gasteiger charge is 1.95. The fourth-order valence-corrected chi connectivity index (χ4v) is 1.59. The van der Waals surface area contributed by atoms with E-state index in [0.717, 1.165) is 22.2 Å². The molecule has 0 amide bonds. The minimum absolute atomic E-state index is 0.148. The van der Waals surface area contributed by atoms with Gasteiger partial charge in [0.05, 0.1) is 12.8 Å². The monoisotopic (exact) mass is 276 g/mol. The number of hydrogen-bond donors (Lipinski definition) is 1. The highest BCUT2D eigenvalue weighted by atomic mass is 32.1. The van der Waals surface area contributed by atoms with Crippen LogP contribution in [0.3, 0.4) is 0 Å². The molecule has 0 aliphatic heterocycles. The molecule has 1 aromatic carbocycles. The molecule has 0 fully saturated rings. The van der Waals surface area contributed by atoms with E-state index in [0.29, 0.717) is 6.61 Å². The van der Waals surface area contributed by atoms with Gasteiger partial charge in [0.2, 0.25) is 4.77 Å². The molecule has 0 saturated heterocycles. The Labute approximate surface area is 114 Å². The first-order chi connectivity index (χ1) is 9.20. The second kappa shape index (κ2) is 6.05. The van der Waals surface area contributed by atoms with Crippen LogP contribution >= 0.6 is 12.2 Å². The van der Waals surface area contributed by atoms with E-state index in [-0.39, 0.29) is 10.3 Å². The van der Waals surface area contributed by atoms with Crippen LogP contribution in [-0.2, 0) is 0 Å². The number of nitrogens with one attached hydrogen (secondary N) is 1. The molecular weight excluding hydrogens is 264 g/mol. The summed E-state index contributed by atoms with van der Waals surface area (Å²) in [5, 5.41) is 10.1. The van der Waals surface area contributed by atoms with Crippen LogP contribution in [0.1, 0.15) is 12.5 Å². The normalized spacial score (nSPS) is 10.8.